The fourth-order valence-electron chi connectivity index (χ4n) is 6.09. The van der Waals surface area contributed by atoms with E-state index in [1.165, 1.54) is 32.1 Å². The Bertz CT molecular complexity index is 380. The first-order chi connectivity index (χ1) is 8.82. The van der Waals surface area contributed by atoms with Crippen LogP contribution in [0.5, 0.6) is 0 Å². The van der Waals surface area contributed by atoms with Gasteiger partial charge in [-0.3, -0.25) is 0 Å². The Labute approximate surface area is 114 Å². The summed E-state index contributed by atoms with van der Waals surface area (Å²) >= 11 is 0. The molecule has 0 spiro atoms. The van der Waals surface area contributed by atoms with Crippen LogP contribution in [0.4, 0.5) is 0 Å². The standard InChI is InChI=1S/C14H24N2O3/c1-12-5-11-6-13(8-12,3-2-4-19-16(17)18)10-14(15,7-11)9-12/h11H,2-10,15H2,1H3. The maximum absolute atomic E-state index is 10.2. The molecule has 4 atom stereocenters. The van der Waals surface area contributed by atoms with Crippen LogP contribution >= 0.6 is 0 Å². The zero-order chi connectivity index (χ0) is 13.7. The van der Waals surface area contributed by atoms with Crippen LogP contribution in [-0.4, -0.2) is 17.2 Å². The lowest BCUT2D eigenvalue weighted by molar-refractivity contribution is -0.757. The molecule has 4 saturated carbocycles. The Hall–Kier alpha value is -0.840. The predicted molar refractivity (Wildman–Crippen MR) is 70.8 cm³/mol. The summed E-state index contributed by atoms with van der Waals surface area (Å²) in [5, 5.41) is 9.50. The van der Waals surface area contributed by atoms with E-state index in [0.717, 1.165) is 25.2 Å². The van der Waals surface area contributed by atoms with Gasteiger partial charge in [0.15, 0.2) is 0 Å². The van der Waals surface area contributed by atoms with Crippen molar-refractivity contribution in [2.75, 3.05) is 6.61 Å². The molecule has 0 saturated heterocycles. The Morgan fingerprint density at radius 2 is 2.11 bits per heavy atom. The van der Waals surface area contributed by atoms with E-state index in [2.05, 4.69) is 11.8 Å². The number of hydrogen-bond acceptors (Lipinski definition) is 4. The molecule has 0 aliphatic heterocycles. The van der Waals surface area contributed by atoms with Crippen LogP contribution in [-0.2, 0) is 4.84 Å². The molecule has 4 bridgehead atoms. The van der Waals surface area contributed by atoms with Gasteiger partial charge in [0.25, 0.3) is 5.09 Å². The van der Waals surface area contributed by atoms with Crippen molar-refractivity contribution in [3.8, 4) is 0 Å². The molecule has 4 fully saturated rings. The number of rotatable bonds is 5. The molecular formula is C14H24N2O3. The van der Waals surface area contributed by atoms with Gasteiger partial charge >= 0.3 is 0 Å². The average molecular weight is 268 g/mol. The lowest BCUT2D eigenvalue weighted by Gasteiger charge is -2.65. The molecule has 2 N–H and O–H groups in total. The minimum Gasteiger partial charge on any atom is -0.325 e. The number of nitrogens with two attached hydrogens (primary N) is 1. The minimum absolute atomic E-state index is 0.0398. The van der Waals surface area contributed by atoms with Crippen molar-refractivity contribution in [2.45, 2.75) is 63.8 Å². The highest BCUT2D eigenvalue weighted by Crippen LogP contribution is 2.66. The van der Waals surface area contributed by atoms with E-state index in [4.69, 9.17) is 5.73 Å². The molecule has 19 heavy (non-hydrogen) atoms. The molecule has 5 heteroatoms. The van der Waals surface area contributed by atoms with Crippen molar-refractivity contribution < 1.29 is 9.92 Å². The highest BCUT2D eigenvalue weighted by Gasteiger charge is 2.59. The van der Waals surface area contributed by atoms with Crippen molar-refractivity contribution >= 4 is 0 Å². The van der Waals surface area contributed by atoms with E-state index in [1.54, 1.807) is 0 Å². The molecule has 0 heterocycles. The predicted octanol–water partition coefficient (Wildman–Crippen LogP) is 2.66. The molecule has 4 aliphatic carbocycles. The van der Waals surface area contributed by atoms with Gasteiger partial charge in [-0.15, -0.1) is 10.1 Å². The van der Waals surface area contributed by atoms with Gasteiger partial charge in [0, 0.05) is 5.54 Å². The summed E-state index contributed by atoms with van der Waals surface area (Å²) in [6.07, 6.45) is 9.16. The third-order valence-electron chi connectivity index (χ3n) is 5.55. The fourth-order valence-corrected chi connectivity index (χ4v) is 6.09. The smallest absolute Gasteiger partial charge is 0.294 e. The van der Waals surface area contributed by atoms with Crippen LogP contribution < -0.4 is 5.73 Å². The van der Waals surface area contributed by atoms with Crippen LogP contribution in [0.25, 0.3) is 0 Å². The molecule has 4 unspecified atom stereocenters. The molecular weight excluding hydrogens is 244 g/mol. The highest BCUT2D eigenvalue weighted by atomic mass is 16.9. The van der Waals surface area contributed by atoms with Gasteiger partial charge in [-0.05, 0) is 68.1 Å². The molecule has 0 amide bonds. The zero-order valence-electron chi connectivity index (χ0n) is 11.7. The minimum atomic E-state index is -0.689. The Morgan fingerprint density at radius 3 is 2.74 bits per heavy atom. The zero-order valence-corrected chi connectivity index (χ0v) is 11.7. The summed E-state index contributed by atoms with van der Waals surface area (Å²) in [5.41, 5.74) is 7.40. The SMILES string of the molecule is CC12CC3CC(N)(C1)CC(CCCO[N+](=O)[O-])(C3)C2. The van der Waals surface area contributed by atoms with Gasteiger partial charge in [-0.25, -0.2) is 0 Å². The molecule has 4 rings (SSSR count). The van der Waals surface area contributed by atoms with Gasteiger partial charge in [0.2, 0.25) is 0 Å². The Morgan fingerprint density at radius 1 is 1.32 bits per heavy atom. The van der Waals surface area contributed by atoms with Gasteiger partial charge in [-0.1, -0.05) is 6.92 Å². The van der Waals surface area contributed by atoms with Crippen LogP contribution in [0.2, 0.25) is 0 Å². The summed E-state index contributed by atoms with van der Waals surface area (Å²) in [4.78, 5) is 14.6. The Balaban J connectivity index is 1.65. The first kappa shape index (κ1) is 13.2. The summed E-state index contributed by atoms with van der Waals surface area (Å²) < 4.78 is 0. The quantitative estimate of drug-likeness (QED) is 0.472. The normalized spacial score (nSPS) is 47.4. The van der Waals surface area contributed by atoms with Crippen molar-refractivity contribution in [3.05, 3.63) is 10.1 Å². The lowest BCUT2D eigenvalue weighted by Crippen LogP contribution is -2.63. The fraction of sp³-hybridized carbons (Fsp3) is 1.00. The second-order valence-corrected chi connectivity index (χ2v) is 7.84. The van der Waals surface area contributed by atoms with Gasteiger partial charge in [0.05, 0.1) is 6.61 Å². The van der Waals surface area contributed by atoms with Gasteiger partial charge < -0.3 is 10.6 Å². The molecule has 108 valence electrons. The van der Waals surface area contributed by atoms with E-state index >= 15 is 0 Å². The monoisotopic (exact) mass is 268 g/mol. The molecule has 0 aromatic rings. The van der Waals surface area contributed by atoms with Gasteiger partial charge in [0.1, 0.15) is 0 Å². The summed E-state index contributed by atoms with van der Waals surface area (Å²) in [5.74, 6) is 0.780. The van der Waals surface area contributed by atoms with Crippen molar-refractivity contribution in [1.29, 1.82) is 0 Å². The van der Waals surface area contributed by atoms with Crippen LogP contribution in [0.15, 0.2) is 0 Å². The second kappa shape index (κ2) is 4.08. The van der Waals surface area contributed by atoms with E-state index in [9.17, 15) is 10.1 Å². The van der Waals surface area contributed by atoms with E-state index in [-0.39, 0.29) is 12.1 Å². The van der Waals surface area contributed by atoms with Crippen molar-refractivity contribution in [1.82, 2.24) is 0 Å². The maximum Gasteiger partial charge on any atom is 0.294 e. The first-order valence-corrected chi connectivity index (χ1v) is 7.39. The highest BCUT2D eigenvalue weighted by molar-refractivity contribution is 5.14. The molecule has 4 aliphatic rings. The summed E-state index contributed by atoms with van der Waals surface area (Å²) in [7, 11) is 0. The van der Waals surface area contributed by atoms with Crippen LogP contribution in [0, 0.1) is 26.9 Å². The third-order valence-corrected chi connectivity index (χ3v) is 5.55. The summed E-state index contributed by atoms with van der Waals surface area (Å²) in [6.45, 7) is 2.62. The van der Waals surface area contributed by atoms with E-state index in [1.807, 2.05) is 0 Å². The van der Waals surface area contributed by atoms with E-state index < -0.39 is 5.09 Å². The largest absolute Gasteiger partial charge is 0.325 e. The molecule has 5 nitrogen and oxygen atoms in total. The summed E-state index contributed by atoms with van der Waals surface area (Å²) in [6, 6.07) is 0. The maximum atomic E-state index is 10.2. The number of nitrogens with zero attached hydrogens (tertiary/aromatic N) is 1. The van der Waals surface area contributed by atoms with E-state index in [0.29, 0.717) is 10.8 Å². The molecule has 0 aromatic heterocycles. The third kappa shape index (κ3) is 2.45. The van der Waals surface area contributed by atoms with Gasteiger partial charge in [-0.2, -0.15) is 0 Å². The Kier molecular flexibility index (Phi) is 2.82. The molecule has 0 aromatic carbocycles. The van der Waals surface area contributed by atoms with Crippen molar-refractivity contribution in [2.24, 2.45) is 22.5 Å². The topological polar surface area (TPSA) is 78.4 Å². The lowest BCUT2D eigenvalue weighted by atomic mass is 9.42. The van der Waals surface area contributed by atoms with Crippen LogP contribution in [0.3, 0.4) is 0 Å². The number of hydrogen-bond donors (Lipinski definition) is 1. The first-order valence-electron chi connectivity index (χ1n) is 7.39. The van der Waals surface area contributed by atoms with Crippen LogP contribution in [0.1, 0.15) is 58.3 Å². The van der Waals surface area contributed by atoms with Crippen molar-refractivity contribution in [3.63, 3.8) is 0 Å². The second-order valence-electron chi connectivity index (χ2n) is 7.84. The average Bonchev–Trinajstić information content (AvgIpc) is 2.18. The molecule has 0 radical (unpaired) electrons.